The van der Waals surface area contributed by atoms with E-state index in [0.29, 0.717) is 19.7 Å². The number of morpholine rings is 1. The minimum absolute atomic E-state index is 0.0798. The molecule has 0 saturated carbocycles. The van der Waals surface area contributed by atoms with Crippen molar-refractivity contribution >= 4 is 6.41 Å². The number of ether oxygens (including phenoxy) is 1. The molecule has 0 N–H and O–H groups in total. The number of aromatic nitrogens is 1. The van der Waals surface area contributed by atoms with Crippen molar-refractivity contribution in [2.75, 3.05) is 19.7 Å². The van der Waals surface area contributed by atoms with E-state index in [1.807, 2.05) is 25.1 Å². The van der Waals surface area contributed by atoms with Gasteiger partial charge in [-0.1, -0.05) is 6.07 Å². The van der Waals surface area contributed by atoms with Crippen molar-refractivity contribution in [3.63, 3.8) is 0 Å². The van der Waals surface area contributed by atoms with Crippen molar-refractivity contribution in [2.24, 2.45) is 0 Å². The molecule has 4 nitrogen and oxygen atoms in total. The Bertz CT molecular complexity index is 354. The van der Waals surface area contributed by atoms with Crippen LogP contribution in [0.15, 0.2) is 18.2 Å². The molecule has 0 spiro atoms. The summed E-state index contributed by atoms with van der Waals surface area (Å²) in [6.45, 7) is 3.80. The average molecular weight is 206 g/mol. The predicted molar refractivity (Wildman–Crippen MR) is 55.3 cm³/mol. The molecule has 1 atom stereocenters. The fourth-order valence-corrected chi connectivity index (χ4v) is 1.69. The molecule has 80 valence electrons. The van der Waals surface area contributed by atoms with Crippen LogP contribution in [-0.4, -0.2) is 36.0 Å². The van der Waals surface area contributed by atoms with Crippen LogP contribution < -0.4 is 0 Å². The largest absolute Gasteiger partial charge is 0.368 e. The third-order valence-electron chi connectivity index (χ3n) is 2.49. The SMILES string of the molecule is Cc1cccc(C2CN(C=O)CCO2)n1. The zero-order valence-electron chi connectivity index (χ0n) is 8.72. The second-order valence-electron chi connectivity index (χ2n) is 3.66. The van der Waals surface area contributed by atoms with Gasteiger partial charge in [0.15, 0.2) is 0 Å². The van der Waals surface area contributed by atoms with Crippen molar-refractivity contribution < 1.29 is 9.53 Å². The van der Waals surface area contributed by atoms with E-state index >= 15 is 0 Å². The highest BCUT2D eigenvalue weighted by Gasteiger charge is 2.21. The van der Waals surface area contributed by atoms with Gasteiger partial charge in [-0.05, 0) is 19.1 Å². The molecule has 0 bridgehead atoms. The first kappa shape index (κ1) is 10.1. The van der Waals surface area contributed by atoms with E-state index in [4.69, 9.17) is 4.74 Å². The monoisotopic (exact) mass is 206 g/mol. The lowest BCUT2D eigenvalue weighted by Crippen LogP contribution is -2.37. The molecule has 0 radical (unpaired) electrons. The van der Waals surface area contributed by atoms with Crippen LogP contribution in [0.25, 0.3) is 0 Å². The first-order valence-electron chi connectivity index (χ1n) is 5.04. The third kappa shape index (κ3) is 2.33. The summed E-state index contributed by atoms with van der Waals surface area (Å²) in [4.78, 5) is 16.8. The molecule has 1 aromatic heterocycles. The van der Waals surface area contributed by atoms with E-state index < -0.39 is 0 Å². The fraction of sp³-hybridized carbons (Fsp3) is 0.455. The summed E-state index contributed by atoms with van der Waals surface area (Å²) in [5.41, 5.74) is 1.88. The van der Waals surface area contributed by atoms with E-state index in [9.17, 15) is 4.79 Å². The molecule has 1 fully saturated rings. The number of hydrogen-bond acceptors (Lipinski definition) is 3. The van der Waals surface area contributed by atoms with Crippen molar-refractivity contribution in [1.82, 2.24) is 9.88 Å². The summed E-state index contributed by atoms with van der Waals surface area (Å²) < 4.78 is 5.59. The number of carbonyl (C=O) groups excluding carboxylic acids is 1. The van der Waals surface area contributed by atoms with Gasteiger partial charge in [-0.2, -0.15) is 0 Å². The smallest absolute Gasteiger partial charge is 0.209 e. The zero-order chi connectivity index (χ0) is 10.7. The normalized spacial score (nSPS) is 21.4. The molecule has 2 rings (SSSR count). The molecule has 0 aliphatic carbocycles. The van der Waals surface area contributed by atoms with Gasteiger partial charge in [0.2, 0.25) is 6.41 Å². The second kappa shape index (κ2) is 4.40. The quantitative estimate of drug-likeness (QED) is 0.676. The number of amides is 1. The van der Waals surface area contributed by atoms with Crippen molar-refractivity contribution in [3.05, 3.63) is 29.6 Å². The zero-order valence-corrected chi connectivity index (χ0v) is 8.72. The maximum atomic E-state index is 10.7. The lowest BCUT2D eigenvalue weighted by Gasteiger charge is -2.29. The lowest BCUT2D eigenvalue weighted by atomic mass is 10.2. The standard InChI is InChI=1S/C11H14N2O2/c1-9-3-2-4-10(12-9)11-7-13(8-14)5-6-15-11/h2-4,8,11H,5-7H2,1H3. The molecule has 0 aromatic carbocycles. The Balaban J connectivity index is 2.13. The minimum Gasteiger partial charge on any atom is -0.368 e. The van der Waals surface area contributed by atoms with Crippen LogP contribution in [0.5, 0.6) is 0 Å². The van der Waals surface area contributed by atoms with Crippen LogP contribution in [0, 0.1) is 6.92 Å². The van der Waals surface area contributed by atoms with E-state index in [-0.39, 0.29) is 6.10 Å². The van der Waals surface area contributed by atoms with E-state index in [2.05, 4.69) is 4.98 Å². The minimum atomic E-state index is -0.0798. The topological polar surface area (TPSA) is 42.4 Å². The Morgan fingerprint density at radius 2 is 2.47 bits per heavy atom. The summed E-state index contributed by atoms with van der Waals surface area (Å²) in [6, 6.07) is 5.84. The Hall–Kier alpha value is -1.42. The molecule has 1 saturated heterocycles. The summed E-state index contributed by atoms with van der Waals surface area (Å²) in [5, 5.41) is 0. The molecule has 15 heavy (non-hydrogen) atoms. The van der Waals surface area contributed by atoms with Gasteiger partial charge in [0.05, 0.1) is 18.8 Å². The number of rotatable bonds is 2. The average Bonchev–Trinajstić information content (AvgIpc) is 2.29. The molecule has 1 unspecified atom stereocenters. The summed E-state index contributed by atoms with van der Waals surface area (Å²) in [5.74, 6) is 0. The van der Waals surface area contributed by atoms with Gasteiger partial charge in [-0.3, -0.25) is 9.78 Å². The van der Waals surface area contributed by atoms with Gasteiger partial charge in [0, 0.05) is 12.2 Å². The van der Waals surface area contributed by atoms with Gasteiger partial charge in [0.25, 0.3) is 0 Å². The van der Waals surface area contributed by atoms with Crippen LogP contribution in [0.4, 0.5) is 0 Å². The van der Waals surface area contributed by atoms with Crippen molar-refractivity contribution in [3.8, 4) is 0 Å². The Morgan fingerprint density at radius 3 is 3.20 bits per heavy atom. The van der Waals surface area contributed by atoms with E-state index in [1.54, 1.807) is 4.90 Å². The summed E-state index contributed by atoms with van der Waals surface area (Å²) >= 11 is 0. The van der Waals surface area contributed by atoms with Gasteiger partial charge >= 0.3 is 0 Å². The molecular weight excluding hydrogens is 192 g/mol. The van der Waals surface area contributed by atoms with E-state index in [0.717, 1.165) is 17.8 Å². The molecule has 4 heteroatoms. The van der Waals surface area contributed by atoms with Crippen LogP contribution >= 0.6 is 0 Å². The first-order valence-corrected chi connectivity index (χ1v) is 5.04. The fourth-order valence-electron chi connectivity index (χ4n) is 1.69. The van der Waals surface area contributed by atoms with Crippen molar-refractivity contribution in [1.29, 1.82) is 0 Å². The van der Waals surface area contributed by atoms with E-state index in [1.165, 1.54) is 0 Å². The maximum Gasteiger partial charge on any atom is 0.209 e. The molecule has 2 heterocycles. The first-order chi connectivity index (χ1) is 7.29. The highest BCUT2D eigenvalue weighted by molar-refractivity contribution is 5.47. The van der Waals surface area contributed by atoms with Crippen LogP contribution in [0.3, 0.4) is 0 Å². The Kier molecular flexibility index (Phi) is 2.97. The molecule has 1 aromatic rings. The van der Waals surface area contributed by atoms with Gasteiger partial charge in [-0.15, -0.1) is 0 Å². The number of aryl methyl sites for hydroxylation is 1. The highest BCUT2D eigenvalue weighted by atomic mass is 16.5. The van der Waals surface area contributed by atoms with Crippen LogP contribution in [-0.2, 0) is 9.53 Å². The molecule has 1 aliphatic heterocycles. The van der Waals surface area contributed by atoms with Crippen LogP contribution in [0.2, 0.25) is 0 Å². The van der Waals surface area contributed by atoms with Crippen LogP contribution in [0.1, 0.15) is 17.5 Å². The summed E-state index contributed by atoms with van der Waals surface area (Å²) in [7, 11) is 0. The number of pyridine rings is 1. The third-order valence-corrected chi connectivity index (χ3v) is 2.49. The Morgan fingerprint density at radius 1 is 1.60 bits per heavy atom. The highest BCUT2D eigenvalue weighted by Crippen LogP contribution is 2.19. The molecule has 1 amide bonds. The lowest BCUT2D eigenvalue weighted by molar-refractivity contribution is -0.125. The van der Waals surface area contributed by atoms with Crippen molar-refractivity contribution in [2.45, 2.75) is 13.0 Å². The van der Waals surface area contributed by atoms with Gasteiger partial charge in [-0.25, -0.2) is 0 Å². The molecular formula is C11H14N2O2. The maximum absolute atomic E-state index is 10.7. The van der Waals surface area contributed by atoms with Gasteiger partial charge < -0.3 is 9.64 Å². The Labute approximate surface area is 88.9 Å². The second-order valence-corrected chi connectivity index (χ2v) is 3.66. The number of hydrogen-bond donors (Lipinski definition) is 0. The summed E-state index contributed by atoms with van der Waals surface area (Å²) in [6.07, 6.45) is 0.787. The van der Waals surface area contributed by atoms with Gasteiger partial charge in [0.1, 0.15) is 6.10 Å². The number of carbonyl (C=O) groups is 1. The number of nitrogens with zero attached hydrogens (tertiary/aromatic N) is 2. The molecule has 1 aliphatic rings. The predicted octanol–water partition coefficient (Wildman–Crippen LogP) is 0.920.